The van der Waals surface area contributed by atoms with Crippen molar-refractivity contribution in [2.45, 2.75) is 19.4 Å². The second-order valence-electron chi connectivity index (χ2n) is 4.04. The molecule has 2 N–H and O–H groups in total. The van der Waals surface area contributed by atoms with Gasteiger partial charge in [-0.2, -0.15) is 0 Å². The highest BCUT2D eigenvalue weighted by molar-refractivity contribution is 5.94. The zero-order valence-electron chi connectivity index (χ0n) is 9.19. The number of phenolic OH excluding ortho intramolecular Hbond substituents is 1. The Hall–Kier alpha value is -1.55. The van der Waals surface area contributed by atoms with Crippen LogP contribution in [0.3, 0.4) is 0 Å². The Morgan fingerprint density at radius 2 is 2.38 bits per heavy atom. The maximum absolute atomic E-state index is 11.8. The van der Waals surface area contributed by atoms with E-state index in [0.717, 1.165) is 12.0 Å². The van der Waals surface area contributed by atoms with E-state index in [2.05, 4.69) is 5.32 Å². The Kier molecular flexibility index (Phi) is 3.10. The summed E-state index contributed by atoms with van der Waals surface area (Å²) in [6.45, 7) is 3.06. The Bertz CT molecular complexity index is 397. The van der Waals surface area contributed by atoms with Gasteiger partial charge in [0.25, 0.3) is 5.91 Å². The van der Waals surface area contributed by atoms with Gasteiger partial charge in [0.2, 0.25) is 0 Å². The number of hydrogen-bond donors (Lipinski definition) is 2. The summed E-state index contributed by atoms with van der Waals surface area (Å²) in [7, 11) is 0. The van der Waals surface area contributed by atoms with Crippen LogP contribution < -0.4 is 5.32 Å². The Morgan fingerprint density at radius 3 is 3.00 bits per heavy atom. The first-order valence-electron chi connectivity index (χ1n) is 5.35. The SMILES string of the molecule is Cc1ccc(C(=O)NC2CCOC2)cc1O. The first-order valence-corrected chi connectivity index (χ1v) is 5.35. The molecule has 0 saturated carbocycles. The maximum Gasteiger partial charge on any atom is 0.251 e. The van der Waals surface area contributed by atoms with Crippen LogP contribution in [0.1, 0.15) is 22.3 Å². The van der Waals surface area contributed by atoms with Gasteiger partial charge in [-0.3, -0.25) is 4.79 Å². The van der Waals surface area contributed by atoms with Gasteiger partial charge in [-0.1, -0.05) is 6.07 Å². The van der Waals surface area contributed by atoms with Crippen molar-refractivity contribution in [3.8, 4) is 5.75 Å². The van der Waals surface area contributed by atoms with Crippen molar-refractivity contribution in [3.63, 3.8) is 0 Å². The van der Waals surface area contributed by atoms with E-state index in [1.165, 1.54) is 6.07 Å². The minimum Gasteiger partial charge on any atom is -0.508 e. The number of aromatic hydroxyl groups is 1. The van der Waals surface area contributed by atoms with E-state index >= 15 is 0 Å². The average molecular weight is 221 g/mol. The number of carbonyl (C=O) groups excluding carboxylic acids is 1. The van der Waals surface area contributed by atoms with Crippen molar-refractivity contribution in [3.05, 3.63) is 29.3 Å². The van der Waals surface area contributed by atoms with Crippen LogP contribution in [0.4, 0.5) is 0 Å². The predicted octanol–water partition coefficient (Wildman–Crippen LogP) is 1.22. The monoisotopic (exact) mass is 221 g/mol. The highest BCUT2D eigenvalue weighted by atomic mass is 16.5. The number of carbonyl (C=O) groups is 1. The zero-order chi connectivity index (χ0) is 11.5. The lowest BCUT2D eigenvalue weighted by Gasteiger charge is -2.11. The molecule has 1 fully saturated rings. The molecule has 1 atom stereocenters. The standard InChI is InChI=1S/C12H15NO3/c1-8-2-3-9(6-11(8)14)12(15)13-10-4-5-16-7-10/h2-3,6,10,14H,4-5,7H2,1H3,(H,13,15). The molecule has 86 valence electrons. The van der Waals surface area contributed by atoms with Crippen LogP contribution in [0.2, 0.25) is 0 Å². The summed E-state index contributed by atoms with van der Waals surface area (Å²) in [5.41, 5.74) is 1.25. The minimum atomic E-state index is -0.161. The van der Waals surface area contributed by atoms with Crippen LogP contribution in [0.25, 0.3) is 0 Å². The highest BCUT2D eigenvalue weighted by Gasteiger charge is 2.18. The summed E-state index contributed by atoms with van der Waals surface area (Å²) in [4.78, 5) is 11.8. The van der Waals surface area contributed by atoms with Gasteiger partial charge in [0.05, 0.1) is 12.6 Å². The highest BCUT2D eigenvalue weighted by Crippen LogP contribution is 2.17. The molecule has 0 radical (unpaired) electrons. The molecule has 2 rings (SSSR count). The number of phenols is 1. The number of amides is 1. The molecule has 1 aliphatic rings. The van der Waals surface area contributed by atoms with E-state index in [0.29, 0.717) is 18.8 Å². The van der Waals surface area contributed by atoms with Crippen molar-refractivity contribution in [1.29, 1.82) is 0 Å². The topological polar surface area (TPSA) is 58.6 Å². The van der Waals surface area contributed by atoms with Crippen LogP contribution in [-0.4, -0.2) is 30.3 Å². The molecule has 4 heteroatoms. The fraction of sp³-hybridized carbons (Fsp3) is 0.417. The van der Waals surface area contributed by atoms with Gasteiger partial charge < -0.3 is 15.2 Å². The minimum absolute atomic E-state index is 0.0935. The molecule has 1 unspecified atom stereocenters. The molecular weight excluding hydrogens is 206 g/mol. The third-order valence-electron chi connectivity index (χ3n) is 2.74. The van der Waals surface area contributed by atoms with Gasteiger partial charge in [-0.05, 0) is 31.0 Å². The number of rotatable bonds is 2. The van der Waals surface area contributed by atoms with Crippen LogP contribution >= 0.6 is 0 Å². The van der Waals surface area contributed by atoms with E-state index in [9.17, 15) is 9.90 Å². The van der Waals surface area contributed by atoms with Gasteiger partial charge in [-0.15, -0.1) is 0 Å². The van der Waals surface area contributed by atoms with Crippen molar-refractivity contribution >= 4 is 5.91 Å². The summed E-state index contributed by atoms with van der Waals surface area (Å²) in [5, 5.41) is 12.4. The normalized spacial score (nSPS) is 19.7. The molecule has 4 nitrogen and oxygen atoms in total. The molecule has 1 amide bonds. The molecule has 16 heavy (non-hydrogen) atoms. The lowest BCUT2D eigenvalue weighted by molar-refractivity contribution is 0.0929. The largest absolute Gasteiger partial charge is 0.508 e. The summed E-state index contributed by atoms with van der Waals surface area (Å²) >= 11 is 0. The maximum atomic E-state index is 11.8. The summed E-state index contributed by atoms with van der Waals surface area (Å²) in [5.74, 6) is -0.0129. The predicted molar refractivity (Wildman–Crippen MR) is 59.5 cm³/mol. The second kappa shape index (κ2) is 4.53. The molecule has 1 aliphatic heterocycles. The smallest absolute Gasteiger partial charge is 0.251 e. The van der Waals surface area contributed by atoms with E-state index in [1.54, 1.807) is 19.1 Å². The van der Waals surface area contributed by atoms with Crippen LogP contribution in [0.5, 0.6) is 5.75 Å². The van der Waals surface area contributed by atoms with Gasteiger partial charge in [0.1, 0.15) is 5.75 Å². The third-order valence-corrected chi connectivity index (χ3v) is 2.74. The second-order valence-corrected chi connectivity index (χ2v) is 4.04. The summed E-state index contributed by atoms with van der Waals surface area (Å²) in [6, 6.07) is 5.02. The van der Waals surface area contributed by atoms with Crippen molar-refractivity contribution in [1.82, 2.24) is 5.32 Å². The molecule has 1 heterocycles. The number of ether oxygens (including phenoxy) is 1. The zero-order valence-corrected chi connectivity index (χ0v) is 9.19. The molecular formula is C12H15NO3. The lowest BCUT2D eigenvalue weighted by atomic mass is 10.1. The molecule has 1 saturated heterocycles. The van der Waals surface area contributed by atoms with E-state index in [4.69, 9.17) is 4.74 Å². The Labute approximate surface area is 94.2 Å². The first kappa shape index (κ1) is 11.0. The van der Waals surface area contributed by atoms with Crippen LogP contribution in [0, 0.1) is 6.92 Å². The quantitative estimate of drug-likeness (QED) is 0.789. The number of hydrogen-bond acceptors (Lipinski definition) is 3. The first-order chi connectivity index (χ1) is 7.66. The fourth-order valence-electron chi connectivity index (χ4n) is 1.67. The van der Waals surface area contributed by atoms with Crippen molar-refractivity contribution in [2.75, 3.05) is 13.2 Å². The van der Waals surface area contributed by atoms with Crippen molar-refractivity contribution < 1.29 is 14.6 Å². The molecule has 0 aromatic heterocycles. The number of aryl methyl sites for hydroxylation is 1. The average Bonchev–Trinajstić information content (AvgIpc) is 2.74. The Morgan fingerprint density at radius 1 is 1.56 bits per heavy atom. The van der Waals surface area contributed by atoms with E-state index in [1.807, 2.05) is 0 Å². The molecule has 0 spiro atoms. The lowest BCUT2D eigenvalue weighted by Crippen LogP contribution is -2.34. The fourth-order valence-corrected chi connectivity index (χ4v) is 1.67. The van der Waals surface area contributed by atoms with Gasteiger partial charge in [0.15, 0.2) is 0 Å². The van der Waals surface area contributed by atoms with Gasteiger partial charge in [-0.25, -0.2) is 0 Å². The number of benzene rings is 1. The van der Waals surface area contributed by atoms with E-state index in [-0.39, 0.29) is 17.7 Å². The van der Waals surface area contributed by atoms with Gasteiger partial charge >= 0.3 is 0 Å². The molecule has 0 aliphatic carbocycles. The Balaban J connectivity index is 2.05. The van der Waals surface area contributed by atoms with Crippen LogP contribution in [0.15, 0.2) is 18.2 Å². The summed E-state index contributed by atoms with van der Waals surface area (Å²) < 4.78 is 5.17. The van der Waals surface area contributed by atoms with E-state index < -0.39 is 0 Å². The number of nitrogens with one attached hydrogen (secondary N) is 1. The summed E-state index contributed by atoms with van der Waals surface area (Å²) in [6.07, 6.45) is 0.851. The molecule has 1 aromatic rings. The molecule has 0 bridgehead atoms. The third kappa shape index (κ3) is 2.33. The van der Waals surface area contributed by atoms with Crippen molar-refractivity contribution in [2.24, 2.45) is 0 Å². The molecule has 1 aromatic carbocycles. The van der Waals surface area contributed by atoms with Crippen LogP contribution in [-0.2, 0) is 4.74 Å². The van der Waals surface area contributed by atoms with Gasteiger partial charge in [0, 0.05) is 12.2 Å².